The summed E-state index contributed by atoms with van der Waals surface area (Å²) in [5.74, 6) is 0.272. The van der Waals surface area contributed by atoms with E-state index in [1.165, 1.54) is 7.11 Å². The number of hydrogen-bond donors (Lipinski definition) is 1. The number of carbonyl (C=O) groups is 1. The molecule has 18 heavy (non-hydrogen) atoms. The summed E-state index contributed by atoms with van der Waals surface area (Å²) >= 11 is 4.99. The van der Waals surface area contributed by atoms with E-state index in [1.54, 1.807) is 23.2 Å². The molecular weight excluding hydrogens is 250 g/mol. The Hall–Kier alpha value is -1.69. The molecule has 0 aliphatic rings. The summed E-state index contributed by atoms with van der Waals surface area (Å²) < 4.78 is 4.68. The number of anilines is 1. The fourth-order valence-electron chi connectivity index (χ4n) is 1.52. The van der Waals surface area contributed by atoms with Gasteiger partial charge in [-0.05, 0) is 26.0 Å². The number of nitrogens with two attached hydrogens (primary N) is 1. The third kappa shape index (κ3) is 3.40. The maximum Gasteiger partial charge on any atom is 0.325 e. The molecule has 98 valence electrons. The Morgan fingerprint density at radius 3 is 2.78 bits per heavy atom. The van der Waals surface area contributed by atoms with Gasteiger partial charge in [0, 0.05) is 12.2 Å². The van der Waals surface area contributed by atoms with Crippen LogP contribution < -0.4 is 10.6 Å². The molecule has 0 bridgehead atoms. The van der Waals surface area contributed by atoms with E-state index in [9.17, 15) is 4.79 Å². The van der Waals surface area contributed by atoms with Crippen molar-refractivity contribution in [2.75, 3.05) is 18.6 Å². The van der Waals surface area contributed by atoms with Crippen molar-refractivity contribution in [1.29, 1.82) is 0 Å². The zero-order valence-corrected chi connectivity index (χ0v) is 11.5. The highest BCUT2D eigenvalue weighted by Gasteiger charge is 2.20. The molecule has 0 aliphatic heterocycles. The molecule has 0 saturated carbocycles. The third-order valence-corrected chi connectivity index (χ3v) is 2.69. The molecule has 6 heteroatoms. The minimum absolute atomic E-state index is 0.0760. The molecule has 0 fully saturated rings. The minimum atomic E-state index is -0.330. The zero-order chi connectivity index (χ0) is 13.7. The van der Waals surface area contributed by atoms with E-state index >= 15 is 0 Å². The molecule has 2 N–H and O–H groups in total. The van der Waals surface area contributed by atoms with Crippen LogP contribution in [-0.4, -0.2) is 35.6 Å². The number of ether oxygens (including phenoxy) is 1. The Labute approximate surface area is 112 Å². The molecule has 1 aromatic heterocycles. The number of hydrogen-bond acceptors (Lipinski definition) is 5. The van der Waals surface area contributed by atoms with Gasteiger partial charge in [0.15, 0.2) is 0 Å². The summed E-state index contributed by atoms with van der Waals surface area (Å²) in [6.45, 7) is 4.03. The lowest BCUT2D eigenvalue weighted by atomic mass is 10.2. The maximum absolute atomic E-state index is 11.4. The lowest BCUT2D eigenvalue weighted by Crippen LogP contribution is -2.38. The number of rotatable bonds is 5. The zero-order valence-electron chi connectivity index (χ0n) is 10.7. The smallest absolute Gasteiger partial charge is 0.325 e. The van der Waals surface area contributed by atoms with Crippen molar-refractivity contribution < 1.29 is 9.53 Å². The second-order valence-electron chi connectivity index (χ2n) is 4.04. The van der Waals surface area contributed by atoms with Gasteiger partial charge in [-0.3, -0.25) is 4.79 Å². The fraction of sp³-hybridized carbons (Fsp3) is 0.417. The van der Waals surface area contributed by atoms with Crippen LogP contribution in [0, 0.1) is 0 Å². The van der Waals surface area contributed by atoms with E-state index < -0.39 is 0 Å². The van der Waals surface area contributed by atoms with E-state index in [-0.39, 0.29) is 23.5 Å². The summed E-state index contributed by atoms with van der Waals surface area (Å²) in [4.78, 5) is 17.7. The summed E-state index contributed by atoms with van der Waals surface area (Å²) in [6, 6.07) is 3.62. The van der Waals surface area contributed by atoms with E-state index in [2.05, 4.69) is 9.72 Å². The standard InChI is InChI=1S/C12H17N3O2S/c1-8(2)15(7-10(16)17-3)12-9(11(13)18)5-4-6-14-12/h4-6,8H,7H2,1-3H3,(H2,13,18). The number of carbonyl (C=O) groups excluding carboxylic acids is 1. The summed E-state index contributed by atoms with van der Waals surface area (Å²) in [5.41, 5.74) is 6.32. The monoisotopic (exact) mass is 267 g/mol. The summed E-state index contributed by atoms with van der Waals surface area (Å²) in [7, 11) is 1.35. The molecular formula is C12H17N3O2S. The van der Waals surface area contributed by atoms with Crippen LogP contribution in [0.3, 0.4) is 0 Å². The average Bonchev–Trinajstić information content (AvgIpc) is 2.35. The Morgan fingerprint density at radius 2 is 2.28 bits per heavy atom. The number of aromatic nitrogens is 1. The quantitative estimate of drug-likeness (QED) is 0.636. The molecule has 0 atom stereocenters. The van der Waals surface area contributed by atoms with Crippen molar-refractivity contribution in [2.24, 2.45) is 5.73 Å². The topological polar surface area (TPSA) is 68.5 Å². The van der Waals surface area contributed by atoms with Gasteiger partial charge in [0.2, 0.25) is 0 Å². The number of pyridine rings is 1. The van der Waals surface area contributed by atoms with Gasteiger partial charge >= 0.3 is 5.97 Å². The Bertz CT molecular complexity index is 449. The van der Waals surface area contributed by atoms with Gasteiger partial charge in [0.1, 0.15) is 17.4 Å². The second-order valence-corrected chi connectivity index (χ2v) is 4.48. The van der Waals surface area contributed by atoms with Crippen molar-refractivity contribution in [3.8, 4) is 0 Å². The normalized spacial score (nSPS) is 10.2. The highest BCUT2D eigenvalue weighted by Crippen LogP contribution is 2.19. The van der Waals surface area contributed by atoms with Crippen molar-refractivity contribution in [2.45, 2.75) is 19.9 Å². The lowest BCUT2D eigenvalue weighted by molar-refractivity contribution is -0.139. The van der Waals surface area contributed by atoms with Gasteiger partial charge in [0.05, 0.1) is 12.7 Å². The van der Waals surface area contributed by atoms with Crippen molar-refractivity contribution in [3.63, 3.8) is 0 Å². The lowest BCUT2D eigenvalue weighted by Gasteiger charge is -2.28. The predicted molar refractivity (Wildman–Crippen MR) is 74.6 cm³/mol. The van der Waals surface area contributed by atoms with Gasteiger partial charge in [-0.2, -0.15) is 0 Å². The summed E-state index contributed by atoms with van der Waals surface area (Å²) in [5, 5.41) is 0. The van der Waals surface area contributed by atoms with Crippen molar-refractivity contribution in [3.05, 3.63) is 23.9 Å². The average molecular weight is 267 g/mol. The molecule has 0 saturated heterocycles. The number of methoxy groups -OCH3 is 1. The van der Waals surface area contributed by atoms with Gasteiger partial charge < -0.3 is 15.4 Å². The van der Waals surface area contributed by atoms with Crippen molar-refractivity contribution in [1.82, 2.24) is 4.98 Å². The van der Waals surface area contributed by atoms with Gasteiger partial charge in [-0.15, -0.1) is 0 Å². The van der Waals surface area contributed by atoms with E-state index in [0.717, 1.165) is 0 Å². The van der Waals surface area contributed by atoms with Crippen LogP contribution in [0.15, 0.2) is 18.3 Å². The third-order valence-electron chi connectivity index (χ3n) is 2.47. The molecule has 0 amide bonds. The summed E-state index contributed by atoms with van der Waals surface area (Å²) in [6.07, 6.45) is 1.64. The van der Waals surface area contributed by atoms with Gasteiger partial charge in [-0.25, -0.2) is 4.98 Å². The highest BCUT2D eigenvalue weighted by atomic mass is 32.1. The van der Waals surface area contributed by atoms with E-state index in [1.807, 2.05) is 13.8 Å². The Kier molecular flexibility index (Phi) is 5.03. The van der Waals surface area contributed by atoms with Crippen LogP contribution in [0.25, 0.3) is 0 Å². The second kappa shape index (κ2) is 6.30. The highest BCUT2D eigenvalue weighted by molar-refractivity contribution is 7.80. The van der Waals surface area contributed by atoms with E-state index in [0.29, 0.717) is 11.4 Å². The molecule has 5 nitrogen and oxygen atoms in total. The van der Waals surface area contributed by atoms with Crippen LogP contribution in [0.4, 0.5) is 5.82 Å². The largest absolute Gasteiger partial charge is 0.468 e. The molecule has 0 spiro atoms. The van der Waals surface area contributed by atoms with Crippen LogP contribution >= 0.6 is 12.2 Å². The molecule has 0 unspecified atom stereocenters. The number of thiocarbonyl (C=S) groups is 1. The first-order valence-electron chi connectivity index (χ1n) is 5.55. The first-order valence-corrected chi connectivity index (χ1v) is 5.96. The number of esters is 1. The van der Waals surface area contributed by atoms with E-state index in [4.69, 9.17) is 18.0 Å². The minimum Gasteiger partial charge on any atom is -0.468 e. The molecule has 1 aromatic rings. The van der Waals surface area contributed by atoms with Crippen LogP contribution in [0.5, 0.6) is 0 Å². The fourth-order valence-corrected chi connectivity index (χ4v) is 1.68. The number of nitrogens with zero attached hydrogens (tertiary/aromatic N) is 2. The molecule has 0 radical (unpaired) electrons. The van der Waals surface area contributed by atoms with Crippen LogP contribution in [0.2, 0.25) is 0 Å². The van der Waals surface area contributed by atoms with Gasteiger partial charge in [0.25, 0.3) is 0 Å². The Balaban J connectivity index is 3.13. The first-order chi connectivity index (χ1) is 8.47. The molecule has 1 rings (SSSR count). The molecule has 1 heterocycles. The SMILES string of the molecule is COC(=O)CN(c1ncccc1C(N)=S)C(C)C. The van der Waals surface area contributed by atoms with Crippen LogP contribution in [0.1, 0.15) is 19.4 Å². The Morgan fingerprint density at radius 1 is 1.61 bits per heavy atom. The molecule has 0 aliphatic carbocycles. The molecule has 0 aromatic carbocycles. The predicted octanol–water partition coefficient (Wildman–Crippen LogP) is 1.10. The van der Waals surface area contributed by atoms with Gasteiger partial charge in [-0.1, -0.05) is 12.2 Å². The van der Waals surface area contributed by atoms with Crippen LogP contribution in [-0.2, 0) is 9.53 Å². The van der Waals surface area contributed by atoms with Crippen molar-refractivity contribution >= 4 is 29.0 Å². The maximum atomic E-state index is 11.4. The first kappa shape index (κ1) is 14.4.